The molecule has 3 nitrogen and oxygen atoms in total. The number of aromatic nitrogens is 1. The smallest absolute Gasteiger partial charge is 1.00 e. The van der Waals surface area contributed by atoms with Crippen LogP contribution in [0.2, 0.25) is 0 Å². The Labute approximate surface area is 120 Å². The molecule has 3 N–H and O–H groups in total. The largest absolute Gasteiger partial charge is 1.00 e. The third-order valence-corrected chi connectivity index (χ3v) is 4.79. The Kier molecular flexibility index (Phi) is 5.73. The van der Waals surface area contributed by atoms with Crippen molar-refractivity contribution in [3.05, 3.63) is 34.8 Å². The molecule has 1 heterocycles. The van der Waals surface area contributed by atoms with Gasteiger partial charge in [-0.2, -0.15) is 0 Å². The summed E-state index contributed by atoms with van der Waals surface area (Å²) >= 11 is 0.328. The molecule has 1 aromatic carbocycles. The van der Waals surface area contributed by atoms with Crippen LogP contribution in [-0.4, -0.2) is 21.0 Å². The third-order valence-electron chi connectivity index (χ3n) is 2.62. The van der Waals surface area contributed by atoms with E-state index in [1.165, 1.54) is 10.0 Å². The number of nitrogens with two attached hydrogens (primary N) is 1. The van der Waals surface area contributed by atoms with Crippen molar-refractivity contribution >= 4 is 19.2 Å². The second-order valence-corrected chi connectivity index (χ2v) is 6.50. The number of benzene rings is 1. The molecule has 0 aliphatic rings. The van der Waals surface area contributed by atoms with Crippen molar-refractivity contribution in [3.63, 3.8) is 0 Å². The van der Waals surface area contributed by atoms with E-state index in [0.29, 0.717) is 14.5 Å². The maximum Gasteiger partial charge on any atom is -1.00 e. The van der Waals surface area contributed by atoms with Gasteiger partial charge in [0.25, 0.3) is 0 Å². The van der Waals surface area contributed by atoms with Crippen molar-refractivity contribution in [2.45, 2.75) is 20.3 Å². The number of anilines is 1. The molecule has 0 aliphatic carbocycles. The molecule has 0 spiro atoms. The van der Waals surface area contributed by atoms with Crippen LogP contribution in [0, 0.1) is 6.92 Å². The number of nitrogens with zero attached hydrogens (tertiary/aromatic N) is 1. The van der Waals surface area contributed by atoms with Crippen molar-refractivity contribution in [2.24, 2.45) is 0 Å². The fourth-order valence-electron chi connectivity index (χ4n) is 1.81. The van der Waals surface area contributed by atoms with Gasteiger partial charge in [0.15, 0.2) is 0 Å². The number of rotatable bonds is 4. The van der Waals surface area contributed by atoms with Gasteiger partial charge in [-0.25, -0.2) is 0 Å². The van der Waals surface area contributed by atoms with E-state index in [1.54, 1.807) is 0 Å². The molecule has 0 bridgehead atoms. The Morgan fingerprint density at radius 3 is 2.56 bits per heavy atom. The SMILES string of the molecule is CCCNc1[se]c(C)c(-c2ccccc2)[n+]1N.[Cl-]. The fraction of sp³-hybridized carbons (Fsp3) is 0.308. The van der Waals surface area contributed by atoms with Gasteiger partial charge in [0, 0.05) is 0 Å². The van der Waals surface area contributed by atoms with E-state index < -0.39 is 0 Å². The third kappa shape index (κ3) is 3.08. The summed E-state index contributed by atoms with van der Waals surface area (Å²) in [4.78, 5) is 0. The topological polar surface area (TPSA) is 41.9 Å². The van der Waals surface area contributed by atoms with E-state index in [0.717, 1.165) is 23.4 Å². The Morgan fingerprint density at radius 2 is 1.94 bits per heavy atom. The molecule has 0 atom stereocenters. The molecule has 2 aromatic rings. The summed E-state index contributed by atoms with van der Waals surface area (Å²) in [5, 5.41) is 3.41. The zero-order valence-corrected chi connectivity index (χ0v) is 13.1. The number of aryl methyl sites for hydroxylation is 1. The molecule has 0 amide bonds. The van der Waals surface area contributed by atoms with Crippen LogP contribution in [0.3, 0.4) is 0 Å². The van der Waals surface area contributed by atoms with Crippen LogP contribution >= 0.6 is 0 Å². The van der Waals surface area contributed by atoms with Gasteiger partial charge in [0.2, 0.25) is 0 Å². The minimum atomic E-state index is 0. The van der Waals surface area contributed by atoms with Gasteiger partial charge in [-0.3, -0.25) is 0 Å². The zero-order valence-electron chi connectivity index (χ0n) is 10.6. The van der Waals surface area contributed by atoms with Gasteiger partial charge in [0.05, 0.1) is 0 Å². The minimum absolute atomic E-state index is 0. The maximum atomic E-state index is 6.18. The first-order valence-electron chi connectivity index (χ1n) is 5.84. The van der Waals surface area contributed by atoms with E-state index >= 15 is 0 Å². The standard InChI is InChI=1S/C13H17N3Se.ClH/c1-3-9-15-13-16(14)12(10(2)17-13)11-7-5-4-6-8-11;/h4-8H,3,9,14H2,1-2H3;1H. The molecule has 0 saturated carbocycles. The molecular formula is C13H18ClN3Se. The van der Waals surface area contributed by atoms with E-state index in [-0.39, 0.29) is 12.4 Å². The summed E-state index contributed by atoms with van der Waals surface area (Å²) in [7, 11) is 0. The second-order valence-electron chi connectivity index (χ2n) is 3.97. The first-order valence-corrected chi connectivity index (χ1v) is 7.55. The van der Waals surface area contributed by atoms with Crippen LogP contribution in [-0.2, 0) is 0 Å². The van der Waals surface area contributed by atoms with Crippen LogP contribution in [0.1, 0.15) is 17.8 Å². The van der Waals surface area contributed by atoms with E-state index in [4.69, 9.17) is 5.84 Å². The van der Waals surface area contributed by atoms with Crippen LogP contribution in [0.4, 0.5) is 4.69 Å². The van der Waals surface area contributed by atoms with Gasteiger partial charge >= 0.3 is 108 Å². The average molecular weight is 331 g/mol. The van der Waals surface area contributed by atoms with E-state index in [2.05, 4.69) is 31.3 Å². The summed E-state index contributed by atoms with van der Waals surface area (Å²) < 4.78 is 4.36. The summed E-state index contributed by atoms with van der Waals surface area (Å²) in [6.45, 7) is 5.32. The molecule has 0 saturated heterocycles. The summed E-state index contributed by atoms with van der Waals surface area (Å²) in [6, 6.07) is 10.3. The van der Waals surface area contributed by atoms with Gasteiger partial charge < -0.3 is 12.4 Å². The molecule has 0 radical (unpaired) electrons. The second kappa shape index (κ2) is 6.83. The summed E-state index contributed by atoms with van der Waals surface area (Å²) in [5.41, 5.74) is 2.35. The predicted molar refractivity (Wildman–Crippen MR) is 72.7 cm³/mol. The average Bonchev–Trinajstić information content (AvgIpc) is 2.63. The Bertz CT molecular complexity index is 496. The maximum absolute atomic E-state index is 6.18. The number of halogens is 1. The molecule has 0 fully saturated rings. The molecule has 0 unspecified atom stereocenters. The van der Waals surface area contributed by atoms with E-state index in [9.17, 15) is 0 Å². The first-order chi connectivity index (χ1) is 8.24. The molecule has 98 valence electrons. The van der Waals surface area contributed by atoms with Gasteiger partial charge in [-0.05, 0) is 0 Å². The number of nitrogen functional groups attached to an aromatic ring is 1. The Balaban J connectivity index is 0.00000162. The first kappa shape index (κ1) is 15.1. The molecule has 2 rings (SSSR count). The van der Waals surface area contributed by atoms with Crippen molar-refractivity contribution in [3.8, 4) is 11.3 Å². The van der Waals surface area contributed by atoms with Crippen molar-refractivity contribution in [2.75, 3.05) is 17.7 Å². The van der Waals surface area contributed by atoms with Gasteiger partial charge in [0.1, 0.15) is 0 Å². The summed E-state index contributed by atoms with van der Waals surface area (Å²) in [5.74, 6) is 6.18. The monoisotopic (exact) mass is 331 g/mol. The van der Waals surface area contributed by atoms with Crippen LogP contribution < -0.4 is 28.2 Å². The number of hydrogen-bond donors (Lipinski definition) is 2. The molecular weight excluding hydrogens is 313 g/mol. The van der Waals surface area contributed by atoms with Crippen molar-refractivity contribution in [1.29, 1.82) is 0 Å². The van der Waals surface area contributed by atoms with Crippen LogP contribution in [0.5, 0.6) is 0 Å². The van der Waals surface area contributed by atoms with Gasteiger partial charge in [-0.15, -0.1) is 0 Å². The van der Waals surface area contributed by atoms with E-state index in [1.807, 2.05) is 22.9 Å². The molecule has 0 aliphatic heterocycles. The minimum Gasteiger partial charge on any atom is -1.00 e. The number of nitrogens with one attached hydrogen (secondary N) is 1. The molecule has 5 heteroatoms. The van der Waals surface area contributed by atoms with Crippen molar-refractivity contribution in [1.82, 2.24) is 0 Å². The predicted octanol–water partition coefficient (Wildman–Crippen LogP) is -1.45. The van der Waals surface area contributed by atoms with Crippen molar-refractivity contribution < 1.29 is 17.1 Å². The Hall–Kier alpha value is -0.961. The zero-order chi connectivity index (χ0) is 12.3. The molecule has 18 heavy (non-hydrogen) atoms. The normalized spacial score (nSPS) is 9.89. The van der Waals surface area contributed by atoms with Crippen LogP contribution in [0.15, 0.2) is 30.3 Å². The number of hydrogen-bond acceptors (Lipinski definition) is 2. The summed E-state index contributed by atoms with van der Waals surface area (Å²) in [6.07, 6.45) is 1.12. The van der Waals surface area contributed by atoms with Crippen LogP contribution in [0.25, 0.3) is 11.3 Å². The van der Waals surface area contributed by atoms with Gasteiger partial charge in [-0.1, -0.05) is 0 Å². The molecule has 1 aromatic heterocycles. The fourth-order valence-corrected chi connectivity index (χ4v) is 3.83. The quantitative estimate of drug-likeness (QED) is 0.409. The Morgan fingerprint density at radius 1 is 1.28 bits per heavy atom.